The number of amides is 2. The lowest BCUT2D eigenvalue weighted by molar-refractivity contribution is 0.186. The Morgan fingerprint density at radius 1 is 1.07 bits per heavy atom. The van der Waals surface area contributed by atoms with Crippen molar-refractivity contribution in [1.82, 2.24) is 14.5 Å². The van der Waals surface area contributed by atoms with E-state index in [9.17, 15) is 13.2 Å². The molecule has 2 aliphatic heterocycles. The molecule has 30 heavy (non-hydrogen) atoms. The molecule has 8 heteroatoms. The number of sulfonamides is 1. The van der Waals surface area contributed by atoms with E-state index < -0.39 is 10.0 Å². The van der Waals surface area contributed by atoms with E-state index in [1.165, 1.54) is 4.31 Å². The molecule has 4 rings (SSSR count). The second-order valence-corrected chi connectivity index (χ2v) is 9.73. The van der Waals surface area contributed by atoms with E-state index in [0.29, 0.717) is 37.5 Å². The van der Waals surface area contributed by atoms with Crippen LogP contribution in [0.2, 0.25) is 0 Å². The second kappa shape index (κ2) is 8.65. The number of nitrogens with zero attached hydrogens (tertiary/aromatic N) is 2. The molecule has 2 aromatic rings. The van der Waals surface area contributed by atoms with Gasteiger partial charge >= 0.3 is 6.03 Å². The fourth-order valence-corrected chi connectivity index (χ4v) is 5.35. The molecular formula is C22H27N3O4S. The normalized spacial score (nSPS) is 19.6. The summed E-state index contributed by atoms with van der Waals surface area (Å²) in [5, 5.41) is 2.94. The third-order valence-corrected chi connectivity index (χ3v) is 7.51. The summed E-state index contributed by atoms with van der Waals surface area (Å²) < 4.78 is 33.2. The SMILES string of the molecule is Cc1ccc(S(=O)(=O)N2CCCN(C(=O)NCC3Cc4ccccc4O3)CC2)cc1. The molecule has 0 saturated carbocycles. The molecule has 1 unspecified atom stereocenters. The Labute approximate surface area is 177 Å². The number of urea groups is 1. The van der Waals surface area contributed by atoms with E-state index in [1.807, 2.05) is 31.2 Å². The van der Waals surface area contributed by atoms with Crippen LogP contribution in [-0.4, -0.2) is 62.5 Å². The minimum Gasteiger partial charge on any atom is -0.488 e. The van der Waals surface area contributed by atoms with Gasteiger partial charge in [-0.2, -0.15) is 4.31 Å². The summed E-state index contributed by atoms with van der Waals surface area (Å²) in [6.07, 6.45) is 1.31. The van der Waals surface area contributed by atoms with E-state index in [1.54, 1.807) is 29.2 Å². The zero-order valence-corrected chi connectivity index (χ0v) is 17.9. The van der Waals surface area contributed by atoms with Gasteiger partial charge in [0.05, 0.1) is 11.4 Å². The molecule has 7 nitrogen and oxygen atoms in total. The fraction of sp³-hybridized carbons (Fsp3) is 0.409. The molecule has 160 valence electrons. The van der Waals surface area contributed by atoms with Gasteiger partial charge in [-0.3, -0.25) is 0 Å². The Hall–Kier alpha value is -2.58. The topological polar surface area (TPSA) is 79.0 Å². The van der Waals surface area contributed by atoms with E-state index in [4.69, 9.17) is 4.74 Å². The van der Waals surface area contributed by atoms with Crippen LogP contribution in [0.15, 0.2) is 53.4 Å². The van der Waals surface area contributed by atoms with Crippen LogP contribution in [0, 0.1) is 6.92 Å². The Balaban J connectivity index is 1.31. The van der Waals surface area contributed by atoms with Gasteiger partial charge in [-0.1, -0.05) is 35.9 Å². The zero-order chi connectivity index (χ0) is 21.1. The molecule has 2 heterocycles. The molecule has 2 aliphatic rings. The Bertz CT molecular complexity index is 982. The van der Waals surface area contributed by atoms with Crippen molar-refractivity contribution in [2.75, 3.05) is 32.7 Å². The average Bonchev–Trinajstić information content (AvgIpc) is 2.98. The lowest BCUT2D eigenvalue weighted by Crippen LogP contribution is -2.45. The van der Waals surface area contributed by atoms with Crippen LogP contribution in [0.25, 0.3) is 0 Å². The van der Waals surface area contributed by atoms with E-state index in [-0.39, 0.29) is 18.7 Å². The van der Waals surface area contributed by atoms with Gasteiger partial charge < -0.3 is 15.0 Å². The fourth-order valence-electron chi connectivity index (χ4n) is 3.88. The first kappa shape index (κ1) is 20.7. The van der Waals surface area contributed by atoms with Gasteiger partial charge in [0.1, 0.15) is 11.9 Å². The lowest BCUT2D eigenvalue weighted by Gasteiger charge is -2.23. The first-order valence-corrected chi connectivity index (χ1v) is 11.7. The predicted octanol–water partition coefficient (Wildman–Crippen LogP) is 2.40. The molecule has 2 amide bonds. The van der Waals surface area contributed by atoms with Crippen molar-refractivity contribution in [1.29, 1.82) is 0 Å². The summed E-state index contributed by atoms with van der Waals surface area (Å²) in [6.45, 7) is 3.93. The number of aryl methyl sites for hydroxylation is 1. The number of hydrogen-bond acceptors (Lipinski definition) is 4. The Morgan fingerprint density at radius 3 is 2.60 bits per heavy atom. The van der Waals surface area contributed by atoms with Gasteiger partial charge in [-0.25, -0.2) is 13.2 Å². The van der Waals surface area contributed by atoms with Crippen molar-refractivity contribution in [3.63, 3.8) is 0 Å². The number of carbonyl (C=O) groups is 1. The van der Waals surface area contributed by atoms with Crippen LogP contribution >= 0.6 is 0 Å². The minimum absolute atomic E-state index is 0.0725. The van der Waals surface area contributed by atoms with Crippen molar-refractivity contribution in [2.45, 2.75) is 30.8 Å². The molecular weight excluding hydrogens is 402 g/mol. The molecule has 0 aromatic heterocycles. The molecule has 1 fully saturated rings. The quantitative estimate of drug-likeness (QED) is 0.810. The maximum atomic E-state index is 12.9. The maximum absolute atomic E-state index is 12.9. The van der Waals surface area contributed by atoms with Gasteiger partial charge in [0.15, 0.2) is 0 Å². The summed E-state index contributed by atoms with van der Waals surface area (Å²) in [5.41, 5.74) is 2.17. The number of para-hydroxylation sites is 1. The first-order chi connectivity index (χ1) is 14.4. The lowest BCUT2D eigenvalue weighted by atomic mass is 10.1. The summed E-state index contributed by atoms with van der Waals surface area (Å²) in [4.78, 5) is 14.6. The number of fused-ring (bicyclic) bond motifs is 1. The van der Waals surface area contributed by atoms with Crippen LogP contribution in [-0.2, 0) is 16.4 Å². The van der Waals surface area contributed by atoms with Crippen LogP contribution in [0.1, 0.15) is 17.5 Å². The highest BCUT2D eigenvalue weighted by atomic mass is 32.2. The van der Waals surface area contributed by atoms with Crippen LogP contribution in [0.5, 0.6) is 5.75 Å². The van der Waals surface area contributed by atoms with Crippen molar-refractivity contribution >= 4 is 16.1 Å². The highest BCUT2D eigenvalue weighted by Crippen LogP contribution is 2.27. The maximum Gasteiger partial charge on any atom is 0.317 e. The van der Waals surface area contributed by atoms with Crippen molar-refractivity contribution in [3.8, 4) is 5.75 Å². The summed E-state index contributed by atoms with van der Waals surface area (Å²) in [5.74, 6) is 0.878. The third-order valence-electron chi connectivity index (χ3n) is 5.60. The number of ether oxygens (including phenoxy) is 1. The zero-order valence-electron chi connectivity index (χ0n) is 17.1. The smallest absolute Gasteiger partial charge is 0.317 e. The molecule has 0 radical (unpaired) electrons. The standard InChI is InChI=1S/C22H27N3O4S/c1-17-7-9-20(10-8-17)30(27,28)25-12-4-11-24(13-14-25)22(26)23-16-19-15-18-5-2-3-6-21(18)29-19/h2-3,5-10,19H,4,11-16H2,1H3,(H,23,26). The van der Waals surface area contributed by atoms with Gasteiger partial charge in [-0.05, 0) is 37.1 Å². The second-order valence-electron chi connectivity index (χ2n) is 7.80. The van der Waals surface area contributed by atoms with E-state index in [2.05, 4.69) is 5.32 Å². The monoisotopic (exact) mass is 429 g/mol. The van der Waals surface area contributed by atoms with Gasteiger partial charge in [0.25, 0.3) is 0 Å². The Kier molecular flexibility index (Phi) is 5.97. The van der Waals surface area contributed by atoms with Gasteiger partial charge in [0, 0.05) is 32.6 Å². The number of nitrogens with one attached hydrogen (secondary N) is 1. The number of benzene rings is 2. The summed E-state index contributed by atoms with van der Waals surface area (Å²) in [6, 6.07) is 14.6. The molecule has 1 N–H and O–H groups in total. The highest BCUT2D eigenvalue weighted by Gasteiger charge is 2.29. The van der Waals surface area contributed by atoms with Crippen molar-refractivity contribution in [3.05, 3.63) is 59.7 Å². The summed E-state index contributed by atoms with van der Waals surface area (Å²) in [7, 11) is -3.55. The van der Waals surface area contributed by atoms with Crippen molar-refractivity contribution in [2.24, 2.45) is 0 Å². The molecule has 0 spiro atoms. The molecule has 0 aliphatic carbocycles. The van der Waals surface area contributed by atoms with Gasteiger partial charge in [-0.15, -0.1) is 0 Å². The van der Waals surface area contributed by atoms with Crippen LogP contribution in [0.3, 0.4) is 0 Å². The average molecular weight is 430 g/mol. The van der Waals surface area contributed by atoms with Crippen LogP contribution in [0.4, 0.5) is 4.79 Å². The van der Waals surface area contributed by atoms with Gasteiger partial charge in [0.2, 0.25) is 10.0 Å². The molecule has 0 bridgehead atoms. The molecule has 1 saturated heterocycles. The van der Waals surface area contributed by atoms with Crippen LogP contribution < -0.4 is 10.1 Å². The Morgan fingerprint density at radius 2 is 1.83 bits per heavy atom. The third kappa shape index (κ3) is 4.44. The number of carbonyl (C=O) groups excluding carboxylic acids is 1. The number of rotatable bonds is 4. The highest BCUT2D eigenvalue weighted by molar-refractivity contribution is 7.89. The molecule has 1 atom stereocenters. The first-order valence-electron chi connectivity index (χ1n) is 10.3. The van der Waals surface area contributed by atoms with Crippen molar-refractivity contribution < 1.29 is 17.9 Å². The van der Waals surface area contributed by atoms with E-state index >= 15 is 0 Å². The predicted molar refractivity (Wildman–Crippen MR) is 114 cm³/mol. The molecule has 2 aromatic carbocycles. The number of hydrogen-bond donors (Lipinski definition) is 1. The van der Waals surface area contributed by atoms with E-state index in [0.717, 1.165) is 23.3 Å². The minimum atomic E-state index is -3.55. The largest absolute Gasteiger partial charge is 0.488 e. The summed E-state index contributed by atoms with van der Waals surface area (Å²) >= 11 is 0.